The molecule has 6 heteroatoms. The van der Waals surface area contributed by atoms with Crippen molar-refractivity contribution in [2.75, 3.05) is 6.54 Å². The van der Waals surface area contributed by atoms with Crippen molar-refractivity contribution >= 4 is 5.97 Å². The van der Waals surface area contributed by atoms with Crippen molar-refractivity contribution in [1.82, 2.24) is 20.3 Å². The Balaban J connectivity index is 2.21. The van der Waals surface area contributed by atoms with E-state index in [9.17, 15) is 4.79 Å². The highest BCUT2D eigenvalue weighted by molar-refractivity contribution is 5.75. The number of carboxylic acid groups (broad SMARTS) is 1. The molecule has 1 aliphatic rings. The first kappa shape index (κ1) is 9.14. The Kier molecular flexibility index (Phi) is 2.20. The smallest absolute Gasteiger partial charge is 0.321 e. The molecule has 0 bridgehead atoms. The normalized spacial score (nSPS) is 26.6. The second-order valence-corrected chi connectivity index (χ2v) is 3.42. The van der Waals surface area contributed by atoms with Crippen molar-refractivity contribution in [1.29, 1.82) is 0 Å². The molecule has 1 aliphatic heterocycles. The third kappa shape index (κ3) is 1.48. The highest BCUT2D eigenvalue weighted by Gasteiger charge is 2.35. The van der Waals surface area contributed by atoms with Crippen LogP contribution in [0.1, 0.15) is 18.0 Å². The quantitative estimate of drug-likeness (QED) is 0.656. The summed E-state index contributed by atoms with van der Waals surface area (Å²) >= 11 is 0. The molecule has 0 aliphatic carbocycles. The lowest BCUT2D eigenvalue weighted by Gasteiger charge is -2.11. The third-order valence-electron chi connectivity index (χ3n) is 2.49. The van der Waals surface area contributed by atoms with E-state index in [0.29, 0.717) is 0 Å². The topological polar surface area (TPSA) is 80.0 Å². The number of aryl methyl sites for hydroxylation is 1. The molecule has 2 unspecified atom stereocenters. The molecule has 1 fully saturated rings. The fourth-order valence-electron chi connectivity index (χ4n) is 1.81. The van der Waals surface area contributed by atoms with Crippen LogP contribution in [0.15, 0.2) is 6.20 Å². The number of aromatic nitrogens is 3. The number of aliphatic carboxylic acids is 1. The molecule has 0 radical (unpaired) electrons. The van der Waals surface area contributed by atoms with Gasteiger partial charge in [0.1, 0.15) is 6.04 Å². The molecule has 14 heavy (non-hydrogen) atoms. The average molecular weight is 196 g/mol. The largest absolute Gasteiger partial charge is 0.480 e. The summed E-state index contributed by atoms with van der Waals surface area (Å²) < 4.78 is 0. The minimum atomic E-state index is -0.821. The van der Waals surface area contributed by atoms with Gasteiger partial charge in [-0.1, -0.05) is 0 Å². The average Bonchev–Trinajstić information content (AvgIpc) is 2.70. The Morgan fingerprint density at radius 2 is 2.57 bits per heavy atom. The molecule has 2 atom stereocenters. The predicted octanol–water partition coefficient (Wildman–Crippen LogP) is -0.655. The maximum atomic E-state index is 10.9. The van der Waals surface area contributed by atoms with Crippen molar-refractivity contribution in [3.8, 4) is 0 Å². The van der Waals surface area contributed by atoms with E-state index < -0.39 is 12.0 Å². The first-order chi connectivity index (χ1) is 6.68. The van der Waals surface area contributed by atoms with E-state index in [1.54, 1.807) is 13.2 Å². The van der Waals surface area contributed by atoms with Crippen LogP contribution < -0.4 is 5.32 Å². The summed E-state index contributed by atoms with van der Waals surface area (Å²) in [4.78, 5) is 12.3. The summed E-state index contributed by atoms with van der Waals surface area (Å²) in [5.74, 6) is -0.876. The molecule has 1 aromatic rings. The highest BCUT2D eigenvalue weighted by Crippen LogP contribution is 2.25. The number of carbonyl (C=O) groups is 1. The van der Waals surface area contributed by atoms with Crippen molar-refractivity contribution in [2.24, 2.45) is 7.05 Å². The minimum absolute atomic E-state index is 0.0544. The second-order valence-electron chi connectivity index (χ2n) is 3.42. The molecule has 1 saturated heterocycles. The predicted molar refractivity (Wildman–Crippen MR) is 47.8 cm³/mol. The monoisotopic (exact) mass is 196 g/mol. The lowest BCUT2D eigenvalue weighted by molar-refractivity contribution is -0.139. The van der Waals surface area contributed by atoms with E-state index in [1.165, 1.54) is 4.80 Å². The van der Waals surface area contributed by atoms with Crippen LogP contribution in [0.2, 0.25) is 0 Å². The number of rotatable bonds is 2. The zero-order valence-corrected chi connectivity index (χ0v) is 7.84. The maximum absolute atomic E-state index is 10.9. The van der Waals surface area contributed by atoms with Gasteiger partial charge in [0.2, 0.25) is 0 Å². The Bertz CT molecular complexity index is 349. The fraction of sp³-hybridized carbons (Fsp3) is 0.625. The summed E-state index contributed by atoms with van der Waals surface area (Å²) in [5.41, 5.74) is 0.755. The van der Waals surface area contributed by atoms with Gasteiger partial charge in [-0.15, -0.1) is 0 Å². The van der Waals surface area contributed by atoms with Gasteiger partial charge in [-0.25, -0.2) is 0 Å². The number of hydrogen-bond acceptors (Lipinski definition) is 4. The van der Waals surface area contributed by atoms with Gasteiger partial charge in [-0.3, -0.25) is 4.79 Å². The van der Waals surface area contributed by atoms with Crippen LogP contribution >= 0.6 is 0 Å². The Morgan fingerprint density at radius 1 is 1.79 bits per heavy atom. The molecule has 76 valence electrons. The summed E-state index contributed by atoms with van der Waals surface area (Å²) in [6, 6.07) is -0.522. The van der Waals surface area contributed by atoms with Crippen LogP contribution in [-0.4, -0.2) is 38.7 Å². The molecule has 1 aromatic heterocycles. The van der Waals surface area contributed by atoms with Crippen molar-refractivity contribution in [2.45, 2.75) is 18.4 Å². The minimum Gasteiger partial charge on any atom is -0.480 e. The summed E-state index contributed by atoms with van der Waals surface area (Å²) in [6.45, 7) is 0.720. The number of hydrogen-bond donors (Lipinski definition) is 2. The van der Waals surface area contributed by atoms with Crippen LogP contribution in [0.3, 0.4) is 0 Å². The Morgan fingerprint density at radius 3 is 3.14 bits per heavy atom. The number of carboxylic acids is 1. The van der Waals surface area contributed by atoms with E-state index in [4.69, 9.17) is 5.11 Å². The summed E-state index contributed by atoms with van der Waals surface area (Å²) in [6.07, 6.45) is 2.43. The first-order valence-corrected chi connectivity index (χ1v) is 4.51. The lowest BCUT2D eigenvalue weighted by Crippen LogP contribution is -2.34. The van der Waals surface area contributed by atoms with E-state index >= 15 is 0 Å². The van der Waals surface area contributed by atoms with E-state index in [0.717, 1.165) is 18.7 Å². The second kappa shape index (κ2) is 3.38. The molecule has 0 spiro atoms. The van der Waals surface area contributed by atoms with E-state index in [2.05, 4.69) is 15.5 Å². The molecule has 2 heterocycles. The van der Waals surface area contributed by atoms with Crippen LogP contribution in [0.25, 0.3) is 0 Å². The van der Waals surface area contributed by atoms with E-state index in [-0.39, 0.29) is 5.92 Å². The van der Waals surface area contributed by atoms with Gasteiger partial charge in [-0.05, 0) is 13.0 Å². The van der Waals surface area contributed by atoms with Gasteiger partial charge >= 0.3 is 5.97 Å². The molecule has 0 saturated carbocycles. The first-order valence-electron chi connectivity index (χ1n) is 4.51. The van der Waals surface area contributed by atoms with Gasteiger partial charge < -0.3 is 10.4 Å². The van der Waals surface area contributed by atoms with Crippen molar-refractivity contribution in [3.63, 3.8) is 0 Å². The van der Waals surface area contributed by atoms with Crippen LogP contribution in [0.5, 0.6) is 0 Å². The highest BCUT2D eigenvalue weighted by atomic mass is 16.4. The summed E-state index contributed by atoms with van der Waals surface area (Å²) in [5, 5.41) is 19.9. The lowest BCUT2D eigenvalue weighted by atomic mass is 9.98. The van der Waals surface area contributed by atoms with Gasteiger partial charge in [0.25, 0.3) is 0 Å². The molecule has 0 amide bonds. The standard InChI is InChI=1S/C8H12N4O2/c1-12-10-4-6(11-12)5-2-3-9-7(5)8(13)14/h4-5,7,9H,2-3H2,1H3,(H,13,14). The molecular formula is C8H12N4O2. The van der Waals surface area contributed by atoms with Crippen LogP contribution in [0, 0.1) is 0 Å². The van der Waals surface area contributed by atoms with Crippen molar-refractivity contribution < 1.29 is 9.90 Å². The van der Waals surface area contributed by atoms with Gasteiger partial charge in [0, 0.05) is 13.0 Å². The van der Waals surface area contributed by atoms with Gasteiger partial charge in [0.15, 0.2) is 0 Å². The molecule has 0 aromatic carbocycles. The molecule has 6 nitrogen and oxygen atoms in total. The third-order valence-corrected chi connectivity index (χ3v) is 2.49. The van der Waals surface area contributed by atoms with Crippen molar-refractivity contribution in [3.05, 3.63) is 11.9 Å². The SMILES string of the molecule is Cn1ncc(C2CCNC2C(=O)O)n1. The zero-order chi connectivity index (χ0) is 10.1. The fourth-order valence-corrected chi connectivity index (χ4v) is 1.81. The van der Waals surface area contributed by atoms with Crippen LogP contribution in [-0.2, 0) is 11.8 Å². The Hall–Kier alpha value is -1.43. The molecular weight excluding hydrogens is 184 g/mol. The van der Waals surface area contributed by atoms with Gasteiger partial charge in [-0.2, -0.15) is 15.0 Å². The Labute approximate surface area is 80.9 Å². The van der Waals surface area contributed by atoms with E-state index in [1.807, 2.05) is 0 Å². The maximum Gasteiger partial charge on any atom is 0.321 e. The van der Waals surface area contributed by atoms with Gasteiger partial charge in [0.05, 0.1) is 11.9 Å². The summed E-state index contributed by atoms with van der Waals surface area (Å²) in [7, 11) is 1.72. The van der Waals surface area contributed by atoms with Crippen LogP contribution in [0.4, 0.5) is 0 Å². The number of nitrogens with one attached hydrogen (secondary N) is 1. The zero-order valence-electron chi connectivity index (χ0n) is 7.84. The molecule has 2 rings (SSSR count). The number of nitrogens with zero attached hydrogens (tertiary/aromatic N) is 3. The molecule has 2 N–H and O–H groups in total.